The second-order valence-electron chi connectivity index (χ2n) is 6.85. The van der Waals surface area contributed by atoms with Crippen LogP contribution in [0.1, 0.15) is 17.5 Å². The maximum atomic E-state index is 13.2. The molecule has 0 aliphatic rings. The van der Waals surface area contributed by atoms with Gasteiger partial charge in [-0.1, -0.05) is 42.5 Å². The zero-order valence-electron chi connectivity index (χ0n) is 16.6. The molecule has 1 unspecified atom stereocenters. The summed E-state index contributed by atoms with van der Waals surface area (Å²) in [5.41, 5.74) is 1.48. The van der Waals surface area contributed by atoms with Gasteiger partial charge < -0.3 is 15.4 Å². The summed E-state index contributed by atoms with van der Waals surface area (Å²) in [4.78, 5) is 24.6. The monoisotopic (exact) mass is 436 g/mol. The van der Waals surface area contributed by atoms with E-state index in [0.29, 0.717) is 12.0 Å². The number of amides is 2. The van der Waals surface area contributed by atoms with Crippen LogP contribution in [0.15, 0.2) is 54.6 Å². The van der Waals surface area contributed by atoms with Crippen molar-refractivity contribution in [2.45, 2.75) is 25.5 Å². The summed E-state index contributed by atoms with van der Waals surface area (Å²) in [5.74, 6) is -1.17. The van der Waals surface area contributed by atoms with Crippen LogP contribution in [0.4, 0.5) is 9.18 Å². The summed E-state index contributed by atoms with van der Waals surface area (Å²) in [6.07, 6.45) is 0.531. The number of carbonyl (C=O) groups is 2. The number of hydrogen-bond donors (Lipinski definition) is 2. The van der Waals surface area contributed by atoms with Crippen LogP contribution >= 0.6 is 0 Å². The van der Waals surface area contributed by atoms with Crippen molar-refractivity contribution in [1.82, 2.24) is 10.6 Å². The van der Waals surface area contributed by atoms with Crippen molar-refractivity contribution in [2.75, 3.05) is 18.6 Å². The molecule has 0 aromatic heterocycles. The van der Waals surface area contributed by atoms with Gasteiger partial charge in [-0.25, -0.2) is 17.6 Å². The lowest BCUT2D eigenvalue weighted by atomic mass is 10.1. The molecule has 0 saturated carbocycles. The van der Waals surface area contributed by atoms with Gasteiger partial charge in [-0.05, 0) is 36.1 Å². The number of halogens is 1. The molecule has 0 spiro atoms. The van der Waals surface area contributed by atoms with Gasteiger partial charge in [0.2, 0.25) is 5.91 Å². The SMILES string of the molecule is CS(=O)(=O)CCC(NC(=O)OCc1ccccc1)C(=O)NCCc1cccc(F)c1. The third-order valence-corrected chi connectivity index (χ3v) is 5.18. The van der Waals surface area contributed by atoms with Crippen LogP contribution in [0.5, 0.6) is 0 Å². The van der Waals surface area contributed by atoms with E-state index in [2.05, 4.69) is 10.6 Å². The van der Waals surface area contributed by atoms with E-state index in [0.717, 1.165) is 11.8 Å². The van der Waals surface area contributed by atoms with E-state index in [9.17, 15) is 22.4 Å². The molecule has 2 N–H and O–H groups in total. The van der Waals surface area contributed by atoms with Crippen LogP contribution in [-0.4, -0.2) is 45.0 Å². The Labute approximate surface area is 175 Å². The minimum Gasteiger partial charge on any atom is -0.445 e. The minimum absolute atomic E-state index is 0.0205. The summed E-state index contributed by atoms with van der Waals surface area (Å²) in [5, 5.41) is 5.06. The Morgan fingerprint density at radius 3 is 2.43 bits per heavy atom. The third kappa shape index (κ3) is 9.04. The Hall–Kier alpha value is -2.94. The Bertz CT molecular complexity index is 951. The highest BCUT2D eigenvalue weighted by molar-refractivity contribution is 7.90. The number of rotatable bonds is 10. The fourth-order valence-electron chi connectivity index (χ4n) is 2.65. The lowest BCUT2D eigenvalue weighted by molar-refractivity contribution is -0.123. The average Bonchev–Trinajstić information content (AvgIpc) is 2.69. The summed E-state index contributed by atoms with van der Waals surface area (Å²) >= 11 is 0. The van der Waals surface area contributed by atoms with Gasteiger partial charge in [0.05, 0.1) is 5.75 Å². The minimum atomic E-state index is -3.33. The molecule has 2 aromatic carbocycles. The van der Waals surface area contributed by atoms with Gasteiger partial charge in [0.25, 0.3) is 0 Å². The molecule has 30 heavy (non-hydrogen) atoms. The molecular weight excluding hydrogens is 411 g/mol. The van der Waals surface area contributed by atoms with Crippen LogP contribution in [0.25, 0.3) is 0 Å². The smallest absolute Gasteiger partial charge is 0.408 e. The van der Waals surface area contributed by atoms with Crippen molar-refractivity contribution in [3.05, 3.63) is 71.5 Å². The number of carbonyl (C=O) groups excluding carboxylic acids is 2. The highest BCUT2D eigenvalue weighted by Crippen LogP contribution is 2.05. The second kappa shape index (κ2) is 11.3. The van der Waals surface area contributed by atoms with Gasteiger partial charge in [0, 0.05) is 12.8 Å². The Balaban J connectivity index is 1.89. The van der Waals surface area contributed by atoms with E-state index < -0.39 is 27.9 Å². The van der Waals surface area contributed by atoms with Crippen LogP contribution < -0.4 is 10.6 Å². The summed E-state index contributed by atoms with van der Waals surface area (Å²) in [6, 6.07) is 13.9. The average molecular weight is 437 g/mol. The van der Waals surface area contributed by atoms with E-state index in [-0.39, 0.29) is 31.1 Å². The van der Waals surface area contributed by atoms with Crippen molar-refractivity contribution < 1.29 is 27.1 Å². The molecule has 0 bridgehead atoms. The molecule has 0 aliphatic heterocycles. The lowest BCUT2D eigenvalue weighted by Gasteiger charge is -2.18. The molecule has 1 atom stereocenters. The Kier molecular flexibility index (Phi) is 8.79. The number of hydrogen-bond acceptors (Lipinski definition) is 5. The van der Waals surface area contributed by atoms with Crippen LogP contribution in [-0.2, 0) is 32.4 Å². The zero-order valence-corrected chi connectivity index (χ0v) is 17.5. The zero-order chi connectivity index (χ0) is 22.0. The lowest BCUT2D eigenvalue weighted by Crippen LogP contribution is -2.48. The van der Waals surface area contributed by atoms with E-state index in [1.807, 2.05) is 6.07 Å². The molecule has 2 rings (SSSR count). The third-order valence-electron chi connectivity index (χ3n) is 4.20. The number of nitrogens with one attached hydrogen (secondary N) is 2. The van der Waals surface area contributed by atoms with Gasteiger partial charge in [-0.3, -0.25) is 4.79 Å². The highest BCUT2D eigenvalue weighted by atomic mass is 32.2. The van der Waals surface area contributed by atoms with Gasteiger partial charge in [-0.15, -0.1) is 0 Å². The van der Waals surface area contributed by atoms with E-state index >= 15 is 0 Å². The number of ether oxygens (including phenoxy) is 1. The molecule has 162 valence electrons. The van der Waals surface area contributed by atoms with Crippen molar-refractivity contribution in [3.63, 3.8) is 0 Å². The van der Waals surface area contributed by atoms with E-state index in [1.165, 1.54) is 12.1 Å². The molecule has 0 saturated heterocycles. The van der Waals surface area contributed by atoms with Crippen molar-refractivity contribution in [1.29, 1.82) is 0 Å². The van der Waals surface area contributed by atoms with Crippen molar-refractivity contribution in [2.24, 2.45) is 0 Å². The fraction of sp³-hybridized carbons (Fsp3) is 0.333. The maximum absolute atomic E-state index is 13.2. The highest BCUT2D eigenvalue weighted by Gasteiger charge is 2.23. The topological polar surface area (TPSA) is 102 Å². The quantitative estimate of drug-likeness (QED) is 0.595. The Morgan fingerprint density at radius 1 is 1.07 bits per heavy atom. The standard InChI is InChI=1S/C21H25FN2O5S/c1-30(27,28)13-11-19(24-21(26)29-15-17-6-3-2-4-7-17)20(25)23-12-10-16-8-5-9-18(22)14-16/h2-9,14,19H,10-13,15H2,1H3,(H,23,25)(H,24,26). The maximum Gasteiger partial charge on any atom is 0.408 e. The number of alkyl carbamates (subject to hydrolysis) is 1. The van der Waals surface area contributed by atoms with Crippen LogP contribution in [0.2, 0.25) is 0 Å². The normalized spacial score (nSPS) is 12.1. The molecule has 0 heterocycles. The summed E-state index contributed by atoms with van der Waals surface area (Å²) in [7, 11) is -3.33. The predicted octanol–water partition coefficient (Wildman–Crippen LogP) is 2.21. The molecule has 9 heteroatoms. The fourth-order valence-corrected chi connectivity index (χ4v) is 3.32. The van der Waals surface area contributed by atoms with Crippen LogP contribution in [0, 0.1) is 5.82 Å². The number of benzene rings is 2. The molecule has 0 radical (unpaired) electrons. The first-order chi connectivity index (χ1) is 14.2. The van der Waals surface area contributed by atoms with E-state index in [1.54, 1.807) is 36.4 Å². The van der Waals surface area contributed by atoms with Crippen molar-refractivity contribution >= 4 is 21.8 Å². The van der Waals surface area contributed by atoms with Gasteiger partial charge >= 0.3 is 6.09 Å². The molecule has 2 aromatic rings. The first-order valence-corrected chi connectivity index (χ1v) is 11.5. The first-order valence-electron chi connectivity index (χ1n) is 9.40. The predicted molar refractivity (Wildman–Crippen MR) is 111 cm³/mol. The molecule has 7 nitrogen and oxygen atoms in total. The van der Waals surface area contributed by atoms with Gasteiger partial charge in [0.15, 0.2) is 0 Å². The molecule has 0 fully saturated rings. The summed E-state index contributed by atoms with van der Waals surface area (Å²) in [6.45, 7) is 0.227. The van der Waals surface area contributed by atoms with Crippen LogP contribution in [0.3, 0.4) is 0 Å². The van der Waals surface area contributed by atoms with Gasteiger partial charge in [-0.2, -0.15) is 0 Å². The molecular formula is C21H25FN2O5S. The van der Waals surface area contributed by atoms with Crippen molar-refractivity contribution in [3.8, 4) is 0 Å². The van der Waals surface area contributed by atoms with E-state index in [4.69, 9.17) is 4.74 Å². The molecule has 2 amide bonds. The Morgan fingerprint density at radius 2 is 1.77 bits per heavy atom. The number of sulfone groups is 1. The summed E-state index contributed by atoms with van der Waals surface area (Å²) < 4.78 is 41.3. The second-order valence-corrected chi connectivity index (χ2v) is 9.11. The molecule has 0 aliphatic carbocycles. The van der Waals surface area contributed by atoms with Gasteiger partial charge in [0.1, 0.15) is 28.3 Å². The first kappa shape index (κ1) is 23.3. The largest absolute Gasteiger partial charge is 0.445 e.